The van der Waals surface area contributed by atoms with Gasteiger partial charge in [0.1, 0.15) is 5.82 Å². The van der Waals surface area contributed by atoms with E-state index in [2.05, 4.69) is 20.2 Å². The second-order valence-electron chi connectivity index (χ2n) is 5.25. The molecule has 1 aromatic heterocycles. The summed E-state index contributed by atoms with van der Waals surface area (Å²) < 4.78 is 13.6. The summed E-state index contributed by atoms with van der Waals surface area (Å²) in [6.07, 6.45) is 6.64. The van der Waals surface area contributed by atoms with Gasteiger partial charge in [-0.25, -0.2) is 14.4 Å². The summed E-state index contributed by atoms with van der Waals surface area (Å²) >= 11 is 0. The van der Waals surface area contributed by atoms with Crippen LogP contribution < -0.4 is 10.2 Å². The van der Waals surface area contributed by atoms with Crippen LogP contribution in [0, 0.1) is 5.82 Å². The van der Waals surface area contributed by atoms with Crippen molar-refractivity contribution in [1.82, 2.24) is 9.97 Å². The number of benzene rings is 1. The maximum atomic E-state index is 13.6. The monoisotopic (exact) mass is 300 g/mol. The standard InChI is InChI=1S/C16H17FN4O/c17-14-7-3-2-6-13(14)15(22)20-12-10-18-16(19-11-12)21-8-4-1-5-9-21/h2-3,6-7,10-11H,1,4-5,8-9H2,(H,20,22). The van der Waals surface area contributed by atoms with Crippen LogP contribution in [0.2, 0.25) is 0 Å². The van der Waals surface area contributed by atoms with Gasteiger partial charge >= 0.3 is 0 Å². The highest BCUT2D eigenvalue weighted by Crippen LogP contribution is 2.17. The zero-order valence-corrected chi connectivity index (χ0v) is 12.1. The van der Waals surface area contributed by atoms with E-state index in [1.165, 1.54) is 18.6 Å². The van der Waals surface area contributed by atoms with Crippen LogP contribution in [0.3, 0.4) is 0 Å². The number of carbonyl (C=O) groups excluding carboxylic acids is 1. The van der Waals surface area contributed by atoms with E-state index in [1.807, 2.05) is 0 Å². The molecule has 1 aliphatic heterocycles. The molecule has 1 amide bonds. The first-order valence-corrected chi connectivity index (χ1v) is 7.37. The summed E-state index contributed by atoms with van der Waals surface area (Å²) in [6, 6.07) is 5.86. The Morgan fingerprint density at radius 2 is 1.77 bits per heavy atom. The number of hydrogen-bond acceptors (Lipinski definition) is 4. The molecule has 0 radical (unpaired) electrons. The fourth-order valence-corrected chi connectivity index (χ4v) is 2.49. The Morgan fingerprint density at radius 1 is 1.09 bits per heavy atom. The van der Waals surface area contributed by atoms with Gasteiger partial charge in [0.2, 0.25) is 5.95 Å². The minimum atomic E-state index is -0.550. The van der Waals surface area contributed by atoms with E-state index in [4.69, 9.17) is 0 Å². The Morgan fingerprint density at radius 3 is 2.45 bits per heavy atom. The summed E-state index contributed by atoms with van der Waals surface area (Å²) in [5, 5.41) is 2.61. The number of aromatic nitrogens is 2. The number of amides is 1. The fourth-order valence-electron chi connectivity index (χ4n) is 2.49. The SMILES string of the molecule is O=C(Nc1cnc(N2CCCCC2)nc1)c1ccccc1F. The molecule has 114 valence electrons. The van der Waals surface area contributed by atoms with Gasteiger partial charge in [0.05, 0.1) is 23.6 Å². The molecular weight excluding hydrogens is 283 g/mol. The molecule has 0 bridgehead atoms. The lowest BCUT2D eigenvalue weighted by atomic mass is 10.1. The molecule has 2 heterocycles. The van der Waals surface area contributed by atoms with Crippen molar-refractivity contribution in [3.05, 3.63) is 48.0 Å². The highest BCUT2D eigenvalue weighted by molar-refractivity contribution is 6.04. The normalized spacial score (nSPS) is 14.7. The van der Waals surface area contributed by atoms with Crippen molar-refractivity contribution in [2.24, 2.45) is 0 Å². The molecule has 5 nitrogen and oxygen atoms in total. The van der Waals surface area contributed by atoms with Crippen molar-refractivity contribution in [1.29, 1.82) is 0 Å². The van der Waals surface area contributed by atoms with E-state index >= 15 is 0 Å². The topological polar surface area (TPSA) is 58.1 Å². The summed E-state index contributed by atoms with van der Waals surface area (Å²) in [7, 11) is 0. The van der Waals surface area contributed by atoms with E-state index in [1.54, 1.807) is 24.5 Å². The quantitative estimate of drug-likeness (QED) is 0.947. The Kier molecular flexibility index (Phi) is 4.27. The third kappa shape index (κ3) is 3.21. The van der Waals surface area contributed by atoms with Crippen LogP contribution in [0.25, 0.3) is 0 Å². The molecular formula is C16H17FN4O. The first-order chi connectivity index (χ1) is 10.7. The number of nitrogens with one attached hydrogen (secondary N) is 1. The Balaban J connectivity index is 1.68. The van der Waals surface area contributed by atoms with Crippen molar-refractivity contribution >= 4 is 17.5 Å². The van der Waals surface area contributed by atoms with E-state index in [-0.39, 0.29) is 5.56 Å². The van der Waals surface area contributed by atoms with Gasteiger partial charge in [-0.1, -0.05) is 12.1 Å². The molecule has 1 fully saturated rings. The summed E-state index contributed by atoms with van der Waals surface area (Å²) in [5.41, 5.74) is 0.455. The first-order valence-electron chi connectivity index (χ1n) is 7.37. The van der Waals surface area contributed by atoms with Crippen molar-refractivity contribution in [3.8, 4) is 0 Å². The highest BCUT2D eigenvalue weighted by atomic mass is 19.1. The Bertz CT molecular complexity index is 653. The average Bonchev–Trinajstić information content (AvgIpc) is 2.57. The molecule has 1 N–H and O–H groups in total. The molecule has 1 aromatic carbocycles. The minimum Gasteiger partial charge on any atom is -0.341 e. The van der Waals surface area contributed by atoms with Gasteiger partial charge in [-0.05, 0) is 31.4 Å². The van der Waals surface area contributed by atoms with Crippen molar-refractivity contribution < 1.29 is 9.18 Å². The molecule has 3 rings (SSSR count). The third-order valence-corrected chi connectivity index (χ3v) is 3.65. The van der Waals surface area contributed by atoms with Crippen LogP contribution >= 0.6 is 0 Å². The number of anilines is 2. The van der Waals surface area contributed by atoms with Gasteiger partial charge in [0, 0.05) is 13.1 Å². The maximum absolute atomic E-state index is 13.6. The first kappa shape index (κ1) is 14.4. The third-order valence-electron chi connectivity index (χ3n) is 3.65. The molecule has 6 heteroatoms. The average molecular weight is 300 g/mol. The number of carbonyl (C=O) groups is 1. The largest absolute Gasteiger partial charge is 0.341 e. The number of piperidine rings is 1. The van der Waals surface area contributed by atoms with Crippen molar-refractivity contribution in [2.45, 2.75) is 19.3 Å². The fraction of sp³-hybridized carbons (Fsp3) is 0.312. The van der Waals surface area contributed by atoms with Gasteiger partial charge in [0.15, 0.2) is 0 Å². The smallest absolute Gasteiger partial charge is 0.258 e. The summed E-state index contributed by atoms with van der Waals surface area (Å²) in [6.45, 7) is 1.92. The van der Waals surface area contributed by atoms with Crippen LogP contribution in [0.5, 0.6) is 0 Å². The van der Waals surface area contributed by atoms with Gasteiger partial charge in [-0.2, -0.15) is 0 Å². The lowest BCUT2D eigenvalue weighted by molar-refractivity contribution is 0.102. The van der Waals surface area contributed by atoms with E-state index in [0.717, 1.165) is 25.9 Å². The molecule has 1 saturated heterocycles. The van der Waals surface area contributed by atoms with Gasteiger partial charge in [-0.3, -0.25) is 4.79 Å². The molecule has 0 atom stereocenters. The molecule has 22 heavy (non-hydrogen) atoms. The summed E-state index contributed by atoms with van der Waals surface area (Å²) in [4.78, 5) is 22.7. The van der Waals surface area contributed by atoms with Crippen molar-refractivity contribution in [2.75, 3.05) is 23.3 Å². The predicted molar refractivity (Wildman–Crippen MR) is 82.4 cm³/mol. The number of halogens is 1. The maximum Gasteiger partial charge on any atom is 0.258 e. The molecule has 0 saturated carbocycles. The Labute approximate surface area is 128 Å². The molecule has 2 aromatic rings. The second-order valence-corrected chi connectivity index (χ2v) is 5.25. The zero-order chi connectivity index (χ0) is 15.4. The van der Waals surface area contributed by atoms with E-state index in [9.17, 15) is 9.18 Å². The van der Waals surface area contributed by atoms with Gasteiger partial charge in [0.25, 0.3) is 5.91 Å². The lowest BCUT2D eigenvalue weighted by Gasteiger charge is -2.26. The minimum absolute atomic E-state index is 0.00241. The van der Waals surface area contributed by atoms with E-state index in [0.29, 0.717) is 11.6 Å². The predicted octanol–water partition coefficient (Wildman–Crippen LogP) is 2.86. The summed E-state index contributed by atoms with van der Waals surface area (Å²) in [5.74, 6) is -0.387. The lowest BCUT2D eigenvalue weighted by Crippen LogP contribution is -2.30. The zero-order valence-electron chi connectivity index (χ0n) is 12.1. The van der Waals surface area contributed by atoms with Crippen LogP contribution in [0.15, 0.2) is 36.7 Å². The molecule has 0 unspecified atom stereocenters. The van der Waals surface area contributed by atoms with Crippen LogP contribution in [-0.4, -0.2) is 29.0 Å². The van der Waals surface area contributed by atoms with E-state index < -0.39 is 11.7 Å². The van der Waals surface area contributed by atoms with Crippen LogP contribution in [0.4, 0.5) is 16.0 Å². The van der Waals surface area contributed by atoms with Gasteiger partial charge < -0.3 is 10.2 Å². The highest BCUT2D eigenvalue weighted by Gasteiger charge is 2.14. The Hall–Kier alpha value is -2.50. The molecule has 1 aliphatic rings. The number of hydrogen-bond donors (Lipinski definition) is 1. The molecule has 0 spiro atoms. The number of rotatable bonds is 3. The van der Waals surface area contributed by atoms with Crippen LogP contribution in [-0.2, 0) is 0 Å². The van der Waals surface area contributed by atoms with Gasteiger partial charge in [-0.15, -0.1) is 0 Å². The molecule has 0 aliphatic carbocycles. The second kappa shape index (κ2) is 6.51. The van der Waals surface area contributed by atoms with Crippen LogP contribution in [0.1, 0.15) is 29.6 Å². The number of nitrogens with zero attached hydrogens (tertiary/aromatic N) is 3. The van der Waals surface area contributed by atoms with Crippen molar-refractivity contribution in [3.63, 3.8) is 0 Å².